The summed E-state index contributed by atoms with van der Waals surface area (Å²) in [5.74, 6) is 2.57. The summed E-state index contributed by atoms with van der Waals surface area (Å²) in [6, 6.07) is 2.50. The van der Waals surface area contributed by atoms with E-state index in [1.165, 1.54) is 25.9 Å². The lowest BCUT2D eigenvalue weighted by molar-refractivity contribution is 0.143. The number of aromatic nitrogens is 2. The van der Waals surface area contributed by atoms with Crippen LogP contribution in [0.3, 0.4) is 0 Å². The Bertz CT molecular complexity index is 587. The number of halogens is 1. The Morgan fingerprint density at radius 3 is 2.54 bits per heavy atom. The van der Waals surface area contributed by atoms with E-state index in [2.05, 4.69) is 50.8 Å². The van der Waals surface area contributed by atoms with Crippen molar-refractivity contribution in [2.24, 2.45) is 10.9 Å². The summed E-state index contributed by atoms with van der Waals surface area (Å²) in [7, 11) is 0. The van der Waals surface area contributed by atoms with Crippen molar-refractivity contribution < 1.29 is 0 Å². The summed E-state index contributed by atoms with van der Waals surface area (Å²) in [5, 5.41) is 3.49. The zero-order valence-corrected chi connectivity index (χ0v) is 19.9. The Balaban J connectivity index is 0.00000280. The Hall–Kier alpha value is -1.16. The molecule has 158 valence electrons. The predicted octanol–water partition coefficient (Wildman–Crippen LogP) is 2.30. The van der Waals surface area contributed by atoms with Crippen LogP contribution in [0.25, 0.3) is 0 Å². The number of rotatable bonds is 5. The Labute approximate surface area is 187 Å². The van der Waals surface area contributed by atoms with Gasteiger partial charge in [0.1, 0.15) is 0 Å². The van der Waals surface area contributed by atoms with Crippen molar-refractivity contribution in [1.29, 1.82) is 0 Å². The van der Waals surface area contributed by atoms with E-state index in [4.69, 9.17) is 4.99 Å². The van der Waals surface area contributed by atoms with Gasteiger partial charge in [-0.1, -0.05) is 0 Å². The van der Waals surface area contributed by atoms with Gasteiger partial charge < -0.3 is 20.0 Å². The maximum atomic E-state index is 5.01. The van der Waals surface area contributed by atoms with Crippen LogP contribution in [0.15, 0.2) is 23.5 Å². The molecule has 0 spiro atoms. The van der Waals surface area contributed by atoms with Crippen molar-refractivity contribution in [2.75, 3.05) is 57.3 Å². The molecule has 3 rings (SSSR count). The standard InChI is InChI=1S/C20H35N7.HI/c1-4-21-19(24-15-18-7-5-10-27(16-18)17(2)3)25-11-13-26(14-12-25)20-22-8-6-9-23-20;/h6,8-9,17-18H,4-5,7,10-16H2,1-3H3,(H,21,24);1H. The Morgan fingerprint density at radius 2 is 1.89 bits per heavy atom. The molecule has 1 aromatic rings. The van der Waals surface area contributed by atoms with E-state index in [9.17, 15) is 0 Å². The summed E-state index contributed by atoms with van der Waals surface area (Å²) in [6.45, 7) is 14.7. The number of likely N-dealkylation sites (tertiary alicyclic amines) is 1. The second-order valence-corrected chi connectivity index (χ2v) is 7.81. The topological polar surface area (TPSA) is 59.9 Å². The summed E-state index contributed by atoms with van der Waals surface area (Å²) < 4.78 is 0. The third-order valence-electron chi connectivity index (χ3n) is 5.53. The fourth-order valence-electron chi connectivity index (χ4n) is 3.93. The van der Waals surface area contributed by atoms with Crippen molar-refractivity contribution in [2.45, 2.75) is 39.7 Å². The van der Waals surface area contributed by atoms with Gasteiger partial charge in [-0.05, 0) is 52.1 Å². The van der Waals surface area contributed by atoms with Crippen LogP contribution in [0, 0.1) is 5.92 Å². The van der Waals surface area contributed by atoms with Gasteiger partial charge in [0.15, 0.2) is 5.96 Å². The first kappa shape index (κ1) is 23.1. The van der Waals surface area contributed by atoms with Crippen molar-refractivity contribution >= 4 is 35.9 Å². The highest BCUT2D eigenvalue weighted by atomic mass is 127. The number of piperidine rings is 1. The van der Waals surface area contributed by atoms with Gasteiger partial charge in [-0.3, -0.25) is 4.99 Å². The minimum absolute atomic E-state index is 0. The molecule has 0 radical (unpaired) electrons. The number of guanidine groups is 1. The van der Waals surface area contributed by atoms with Crippen LogP contribution in [0.1, 0.15) is 33.6 Å². The van der Waals surface area contributed by atoms with Crippen LogP contribution in [0.2, 0.25) is 0 Å². The normalized spacial score (nSPS) is 21.6. The first-order valence-corrected chi connectivity index (χ1v) is 10.5. The summed E-state index contributed by atoms with van der Waals surface area (Å²) >= 11 is 0. The van der Waals surface area contributed by atoms with Gasteiger partial charge in [-0.25, -0.2) is 9.97 Å². The highest BCUT2D eigenvalue weighted by molar-refractivity contribution is 14.0. The molecule has 0 aromatic carbocycles. The molecule has 1 atom stereocenters. The molecule has 2 saturated heterocycles. The van der Waals surface area contributed by atoms with E-state index < -0.39 is 0 Å². The quantitative estimate of drug-likeness (QED) is 0.380. The Morgan fingerprint density at radius 1 is 1.18 bits per heavy atom. The molecule has 0 amide bonds. The maximum absolute atomic E-state index is 5.01. The van der Waals surface area contributed by atoms with Gasteiger partial charge >= 0.3 is 0 Å². The fraction of sp³-hybridized carbons (Fsp3) is 0.750. The van der Waals surface area contributed by atoms with Crippen LogP contribution in [-0.4, -0.2) is 84.1 Å². The van der Waals surface area contributed by atoms with Crippen LogP contribution < -0.4 is 10.2 Å². The fourth-order valence-corrected chi connectivity index (χ4v) is 3.93. The second kappa shape index (κ2) is 11.7. The molecule has 3 heterocycles. The van der Waals surface area contributed by atoms with Crippen molar-refractivity contribution in [3.8, 4) is 0 Å². The summed E-state index contributed by atoms with van der Waals surface area (Å²) in [6.07, 6.45) is 6.21. The molecular formula is C20H36IN7. The zero-order chi connectivity index (χ0) is 19.1. The molecule has 2 aliphatic heterocycles. The molecule has 2 fully saturated rings. The van der Waals surface area contributed by atoms with Crippen LogP contribution in [-0.2, 0) is 0 Å². The molecule has 0 bridgehead atoms. The third-order valence-corrected chi connectivity index (χ3v) is 5.53. The SMILES string of the molecule is CCNC(=NCC1CCCN(C(C)C)C1)N1CCN(c2ncccn2)CC1.I. The molecule has 0 aliphatic carbocycles. The smallest absolute Gasteiger partial charge is 0.225 e. The lowest BCUT2D eigenvalue weighted by atomic mass is 9.97. The highest BCUT2D eigenvalue weighted by Gasteiger charge is 2.23. The molecule has 2 aliphatic rings. The lowest BCUT2D eigenvalue weighted by Gasteiger charge is -2.37. The van der Waals surface area contributed by atoms with Gasteiger partial charge in [0, 0.05) is 64.2 Å². The van der Waals surface area contributed by atoms with E-state index in [0.29, 0.717) is 12.0 Å². The predicted molar refractivity (Wildman–Crippen MR) is 127 cm³/mol. The maximum Gasteiger partial charge on any atom is 0.225 e. The molecular weight excluding hydrogens is 465 g/mol. The summed E-state index contributed by atoms with van der Waals surface area (Å²) in [5.41, 5.74) is 0. The van der Waals surface area contributed by atoms with E-state index in [1.807, 2.05) is 18.5 Å². The average Bonchev–Trinajstić information content (AvgIpc) is 2.72. The number of hydrogen-bond acceptors (Lipinski definition) is 5. The van der Waals surface area contributed by atoms with E-state index in [0.717, 1.165) is 51.2 Å². The van der Waals surface area contributed by atoms with Crippen molar-refractivity contribution in [3.63, 3.8) is 0 Å². The monoisotopic (exact) mass is 501 g/mol. The number of nitrogens with zero attached hydrogens (tertiary/aromatic N) is 6. The zero-order valence-electron chi connectivity index (χ0n) is 17.5. The second-order valence-electron chi connectivity index (χ2n) is 7.81. The number of piperazine rings is 1. The lowest BCUT2D eigenvalue weighted by Crippen LogP contribution is -2.53. The first-order valence-electron chi connectivity index (χ1n) is 10.5. The molecule has 0 saturated carbocycles. The van der Waals surface area contributed by atoms with Gasteiger partial charge in [-0.2, -0.15) is 0 Å². The van der Waals surface area contributed by atoms with Gasteiger partial charge in [0.05, 0.1) is 0 Å². The minimum Gasteiger partial charge on any atom is -0.357 e. The first-order chi connectivity index (χ1) is 13.2. The van der Waals surface area contributed by atoms with E-state index >= 15 is 0 Å². The van der Waals surface area contributed by atoms with Gasteiger partial charge in [0.25, 0.3) is 0 Å². The number of hydrogen-bond donors (Lipinski definition) is 1. The molecule has 1 unspecified atom stereocenters. The van der Waals surface area contributed by atoms with Crippen molar-refractivity contribution in [3.05, 3.63) is 18.5 Å². The molecule has 8 heteroatoms. The van der Waals surface area contributed by atoms with Crippen LogP contribution in [0.4, 0.5) is 5.95 Å². The van der Waals surface area contributed by atoms with E-state index in [1.54, 1.807) is 0 Å². The molecule has 7 nitrogen and oxygen atoms in total. The van der Waals surface area contributed by atoms with Crippen LogP contribution >= 0.6 is 24.0 Å². The third kappa shape index (κ3) is 6.43. The number of anilines is 1. The summed E-state index contributed by atoms with van der Waals surface area (Å²) in [4.78, 5) is 21.0. The highest BCUT2D eigenvalue weighted by Crippen LogP contribution is 2.19. The van der Waals surface area contributed by atoms with Gasteiger partial charge in [-0.15, -0.1) is 24.0 Å². The molecule has 1 N–H and O–H groups in total. The van der Waals surface area contributed by atoms with E-state index in [-0.39, 0.29) is 24.0 Å². The number of nitrogens with one attached hydrogen (secondary N) is 1. The number of aliphatic imine (C=N–C) groups is 1. The molecule has 28 heavy (non-hydrogen) atoms. The largest absolute Gasteiger partial charge is 0.357 e. The average molecular weight is 501 g/mol. The Kier molecular flexibility index (Phi) is 9.70. The van der Waals surface area contributed by atoms with Crippen LogP contribution in [0.5, 0.6) is 0 Å². The van der Waals surface area contributed by atoms with Crippen molar-refractivity contribution in [1.82, 2.24) is 25.1 Å². The van der Waals surface area contributed by atoms with Gasteiger partial charge in [0.2, 0.25) is 5.95 Å². The minimum atomic E-state index is 0. The molecule has 1 aromatic heterocycles.